The van der Waals surface area contributed by atoms with Gasteiger partial charge >= 0.3 is 12.2 Å². The van der Waals surface area contributed by atoms with Crippen LogP contribution in [0.4, 0.5) is 39.4 Å². The number of nitrogens with zero attached hydrogens (tertiary/aromatic N) is 2. The minimum atomic E-state index is -4.53. The van der Waals surface area contributed by atoms with E-state index in [-0.39, 0.29) is 11.8 Å². The number of urea groups is 1. The van der Waals surface area contributed by atoms with E-state index in [1.165, 1.54) is 24.3 Å². The smallest absolute Gasteiger partial charge is 0.342 e. The molecule has 1 fully saturated rings. The van der Waals surface area contributed by atoms with E-state index in [0.717, 1.165) is 17.7 Å². The first-order valence-corrected chi connectivity index (χ1v) is 10.8. The molecule has 3 unspecified atom stereocenters. The van der Waals surface area contributed by atoms with Crippen molar-refractivity contribution in [2.75, 3.05) is 10.2 Å². The molecule has 0 saturated carbocycles. The van der Waals surface area contributed by atoms with Gasteiger partial charge in [0.25, 0.3) is 0 Å². The van der Waals surface area contributed by atoms with Crippen LogP contribution in [0.15, 0.2) is 77.8 Å². The van der Waals surface area contributed by atoms with Crippen molar-refractivity contribution < 1.29 is 27.1 Å². The molecule has 0 spiro atoms. The Hall–Kier alpha value is -3.92. The number of hydrogen-bond donors (Lipinski definition) is 2. The molecule has 5 rings (SSSR count). The first-order valence-electron chi connectivity index (χ1n) is 10.8. The van der Waals surface area contributed by atoms with Crippen molar-refractivity contribution in [1.82, 2.24) is 5.32 Å². The number of amidine groups is 1. The van der Waals surface area contributed by atoms with Gasteiger partial charge in [0.1, 0.15) is 17.8 Å². The number of halogens is 4. The van der Waals surface area contributed by atoms with Crippen LogP contribution < -0.4 is 15.5 Å². The van der Waals surface area contributed by atoms with Crippen LogP contribution in [0.2, 0.25) is 0 Å². The van der Waals surface area contributed by atoms with Gasteiger partial charge in [-0.05, 0) is 55.5 Å². The lowest BCUT2D eigenvalue weighted by molar-refractivity contribution is -0.137. The fraction of sp³-hybridized carbons (Fsp3) is 0.200. The molecule has 2 aliphatic rings. The number of fused-ring (bicyclic) bond motifs is 3. The third kappa shape index (κ3) is 4.69. The zero-order chi connectivity index (χ0) is 24.7. The standard InChI is InChI=1S/C25H20F4N4O2/c1-14(30-24(34)31-17-6-4-5-15(13-17)25(27,28)29)22-32-20-8-3-2-7-19(20)21-23(35-21)33(22)18-11-9-16(26)10-12-18/h2-14,21,23H,1H3,(H2,30,31,34). The van der Waals surface area contributed by atoms with Crippen LogP contribution in [0.1, 0.15) is 24.2 Å². The maximum Gasteiger partial charge on any atom is 0.416 e. The topological polar surface area (TPSA) is 69.3 Å². The number of ether oxygens (including phenoxy) is 1. The fourth-order valence-electron chi connectivity index (χ4n) is 4.05. The second-order valence-electron chi connectivity index (χ2n) is 8.22. The first kappa shape index (κ1) is 22.9. The third-order valence-electron chi connectivity index (χ3n) is 5.74. The molecule has 2 N–H and O–H groups in total. The highest BCUT2D eigenvalue weighted by Gasteiger charge is 2.50. The molecule has 35 heavy (non-hydrogen) atoms. The van der Waals surface area contributed by atoms with E-state index < -0.39 is 35.9 Å². The van der Waals surface area contributed by atoms with Crippen molar-refractivity contribution in [1.29, 1.82) is 0 Å². The molecule has 6 nitrogen and oxygen atoms in total. The average molecular weight is 484 g/mol. The molecule has 2 amide bonds. The van der Waals surface area contributed by atoms with Crippen LogP contribution in [-0.2, 0) is 10.9 Å². The number of rotatable bonds is 4. The summed E-state index contributed by atoms with van der Waals surface area (Å²) in [6, 6.07) is 16.3. The van der Waals surface area contributed by atoms with Crippen LogP contribution in [-0.4, -0.2) is 24.1 Å². The minimum Gasteiger partial charge on any atom is -0.342 e. The highest BCUT2D eigenvalue weighted by Crippen LogP contribution is 2.48. The Balaban J connectivity index is 1.42. The van der Waals surface area contributed by atoms with Crippen molar-refractivity contribution in [2.24, 2.45) is 4.99 Å². The number of carbonyl (C=O) groups excluding carboxylic acids is 1. The summed E-state index contributed by atoms with van der Waals surface area (Å²) in [6.45, 7) is 1.70. The molecule has 3 aromatic carbocycles. The summed E-state index contributed by atoms with van der Waals surface area (Å²) >= 11 is 0. The Labute approximate surface area is 198 Å². The molecule has 0 bridgehead atoms. The summed E-state index contributed by atoms with van der Waals surface area (Å²) in [7, 11) is 0. The number of alkyl halides is 3. The zero-order valence-corrected chi connectivity index (χ0v) is 18.4. The Morgan fingerprint density at radius 1 is 1.06 bits per heavy atom. The van der Waals surface area contributed by atoms with Gasteiger partial charge in [-0.3, -0.25) is 4.90 Å². The third-order valence-corrected chi connectivity index (χ3v) is 5.74. The number of para-hydroxylation sites is 1. The van der Waals surface area contributed by atoms with E-state index in [9.17, 15) is 22.4 Å². The number of carbonyl (C=O) groups is 1. The van der Waals surface area contributed by atoms with Gasteiger partial charge in [0.2, 0.25) is 0 Å². The largest absolute Gasteiger partial charge is 0.416 e. The average Bonchev–Trinajstić information content (AvgIpc) is 3.60. The van der Waals surface area contributed by atoms with E-state index in [2.05, 4.69) is 10.6 Å². The van der Waals surface area contributed by atoms with E-state index in [1.807, 2.05) is 24.3 Å². The van der Waals surface area contributed by atoms with Gasteiger partial charge in [0, 0.05) is 16.9 Å². The van der Waals surface area contributed by atoms with Crippen LogP contribution in [0.5, 0.6) is 0 Å². The Bertz CT molecular complexity index is 1290. The molecule has 3 atom stereocenters. The molecular weight excluding hydrogens is 464 g/mol. The number of hydrogen-bond acceptors (Lipinski definition) is 4. The summed E-state index contributed by atoms with van der Waals surface area (Å²) in [5.41, 5.74) is 1.32. The van der Waals surface area contributed by atoms with Crippen molar-refractivity contribution >= 4 is 28.9 Å². The summed E-state index contributed by atoms with van der Waals surface area (Å²) in [6.07, 6.45) is -5.18. The van der Waals surface area contributed by atoms with E-state index >= 15 is 0 Å². The highest BCUT2D eigenvalue weighted by atomic mass is 19.4. The van der Waals surface area contributed by atoms with Crippen molar-refractivity contribution in [3.05, 3.63) is 89.7 Å². The predicted molar refractivity (Wildman–Crippen MR) is 123 cm³/mol. The van der Waals surface area contributed by atoms with E-state index in [4.69, 9.17) is 9.73 Å². The zero-order valence-electron chi connectivity index (χ0n) is 18.4. The molecule has 0 radical (unpaired) electrons. The van der Waals surface area contributed by atoms with Gasteiger partial charge in [-0.25, -0.2) is 14.2 Å². The summed E-state index contributed by atoms with van der Waals surface area (Å²) in [4.78, 5) is 19.3. The van der Waals surface area contributed by atoms with E-state index in [1.54, 1.807) is 24.0 Å². The van der Waals surface area contributed by atoms with Crippen LogP contribution in [0, 0.1) is 5.82 Å². The Morgan fingerprint density at radius 2 is 1.80 bits per heavy atom. The maximum atomic E-state index is 13.6. The SMILES string of the molecule is CC(NC(=O)Nc1cccc(C(F)(F)F)c1)C1=Nc2ccccc2C2OC2N1c1ccc(F)cc1. The molecular formula is C25H20F4N4O2. The molecule has 0 aliphatic carbocycles. The van der Waals surface area contributed by atoms with Crippen molar-refractivity contribution in [2.45, 2.75) is 31.5 Å². The second kappa shape index (κ2) is 8.70. The number of epoxide rings is 1. The van der Waals surface area contributed by atoms with Gasteiger partial charge in [-0.1, -0.05) is 24.3 Å². The quantitative estimate of drug-likeness (QED) is 0.352. The first-order chi connectivity index (χ1) is 16.7. The normalized spacial score (nSPS) is 19.6. The van der Waals surface area contributed by atoms with Crippen LogP contribution in [0.25, 0.3) is 0 Å². The molecule has 180 valence electrons. The number of anilines is 2. The highest BCUT2D eigenvalue weighted by molar-refractivity contribution is 6.06. The monoisotopic (exact) mass is 484 g/mol. The van der Waals surface area contributed by atoms with Crippen molar-refractivity contribution in [3.8, 4) is 0 Å². The summed E-state index contributed by atoms with van der Waals surface area (Å²) in [5, 5.41) is 5.17. The number of benzene rings is 3. The lowest BCUT2D eigenvalue weighted by Gasteiger charge is -2.28. The van der Waals surface area contributed by atoms with Crippen molar-refractivity contribution in [3.63, 3.8) is 0 Å². The minimum absolute atomic E-state index is 0.00124. The molecule has 3 aromatic rings. The van der Waals surface area contributed by atoms with Gasteiger partial charge in [0.05, 0.1) is 17.3 Å². The van der Waals surface area contributed by atoms with E-state index in [0.29, 0.717) is 17.2 Å². The van der Waals surface area contributed by atoms with Gasteiger partial charge in [-0.2, -0.15) is 13.2 Å². The van der Waals surface area contributed by atoms with Crippen LogP contribution >= 0.6 is 0 Å². The van der Waals surface area contributed by atoms with Gasteiger partial charge < -0.3 is 15.4 Å². The lowest BCUT2D eigenvalue weighted by Crippen LogP contribution is -2.49. The molecule has 0 aromatic heterocycles. The number of aliphatic imine (C=N–C) groups is 1. The predicted octanol–water partition coefficient (Wildman–Crippen LogP) is 6.00. The van der Waals surface area contributed by atoms with Gasteiger partial charge in [0.15, 0.2) is 6.23 Å². The molecule has 10 heteroatoms. The number of amides is 2. The van der Waals surface area contributed by atoms with Crippen LogP contribution in [0.3, 0.4) is 0 Å². The Kier molecular flexibility index (Phi) is 5.68. The summed E-state index contributed by atoms with van der Waals surface area (Å²) < 4.78 is 58.5. The second-order valence-corrected chi connectivity index (χ2v) is 8.22. The maximum absolute atomic E-state index is 13.6. The molecule has 2 heterocycles. The lowest BCUT2D eigenvalue weighted by atomic mass is 10.1. The summed E-state index contributed by atoms with van der Waals surface area (Å²) in [5.74, 6) is 0.0403. The van der Waals surface area contributed by atoms with Gasteiger partial charge in [-0.15, -0.1) is 0 Å². The molecule has 2 aliphatic heterocycles. The molecule has 1 saturated heterocycles. The number of nitrogens with one attached hydrogen (secondary N) is 2. The fourth-order valence-corrected chi connectivity index (χ4v) is 4.05. The Morgan fingerprint density at radius 3 is 2.54 bits per heavy atom.